The van der Waals surface area contributed by atoms with Crippen molar-refractivity contribution in [1.82, 2.24) is 0 Å². The van der Waals surface area contributed by atoms with Crippen LogP contribution in [0.5, 0.6) is 0 Å². The van der Waals surface area contributed by atoms with E-state index < -0.39 is 5.91 Å². The number of hydrogen-bond donors (Lipinski definition) is 1. The van der Waals surface area contributed by atoms with E-state index in [1.54, 1.807) is 25.3 Å². The van der Waals surface area contributed by atoms with Gasteiger partial charge in [-0.1, -0.05) is 30.9 Å². The second-order valence-electron chi connectivity index (χ2n) is 4.11. The lowest BCUT2D eigenvalue weighted by molar-refractivity contribution is -0.114. The Morgan fingerprint density at radius 3 is 2.74 bits per heavy atom. The molecule has 0 radical (unpaired) electrons. The molecule has 1 aliphatic rings. The zero-order chi connectivity index (χ0) is 14.3. The van der Waals surface area contributed by atoms with Gasteiger partial charge in [0, 0.05) is 5.57 Å². The van der Waals surface area contributed by atoms with Crippen molar-refractivity contribution < 1.29 is 9.53 Å². The zero-order valence-electron chi connectivity index (χ0n) is 11.3. The predicted molar refractivity (Wildman–Crippen MR) is 78.2 cm³/mol. The normalized spacial score (nSPS) is 16.3. The second-order valence-corrected chi connectivity index (χ2v) is 4.11. The molecule has 0 spiro atoms. The third-order valence-corrected chi connectivity index (χ3v) is 2.82. The zero-order valence-corrected chi connectivity index (χ0v) is 11.3. The molecule has 0 aromatic carbocycles. The van der Waals surface area contributed by atoms with Gasteiger partial charge in [0.05, 0.1) is 7.11 Å². The third-order valence-electron chi connectivity index (χ3n) is 2.82. The van der Waals surface area contributed by atoms with Gasteiger partial charge < -0.3 is 10.5 Å². The van der Waals surface area contributed by atoms with Crippen LogP contribution in [-0.2, 0) is 9.53 Å². The van der Waals surface area contributed by atoms with E-state index in [9.17, 15) is 4.79 Å². The van der Waals surface area contributed by atoms with E-state index in [2.05, 4.69) is 6.58 Å². The first-order valence-electron chi connectivity index (χ1n) is 6.01. The van der Waals surface area contributed by atoms with Crippen LogP contribution in [0, 0.1) is 0 Å². The van der Waals surface area contributed by atoms with E-state index in [4.69, 9.17) is 10.5 Å². The lowest BCUT2D eigenvalue weighted by atomic mass is 10.0. The number of allylic oxidation sites excluding steroid dienone is 8. The van der Waals surface area contributed by atoms with E-state index in [1.165, 1.54) is 0 Å². The average Bonchev–Trinajstić information content (AvgIpc) is 2.65. The van der Waals surface area contributed by atoms with Crippen LogP contribution in [0.25, 0.3) is 0 Å². The maximum absolute atomic E-state index is 11.1. The average molecular weight is 257 g/mol. The fraction of sp³-hybridized carbons (Fsp3) is 0.188. The highest BCUT2D eigenvalue weighted by atomic mass is 16.5. The maximum atomic E-state index is 11.1. The molecular weight excluding hydrogens is 238 g/mol. The maximum Gasteiger partial charge on any atom is 0.248 e. The highest BCUT2D eigenvalue weighted by Crippen LogP contribution is 2.19. The molecule has 0 heterocycles. The summed E-state index contributed by atoms with van der Waals surface area (Å²) in [5.74, 6) is 0.293. The standard InChI is InChI=1S/C16H19NO2/c1-4-15(19-3)11-8-12(2)13-6-5-7-14(10-9-13)16(17)18/h4-5,7-11H,1,6H2,2-3H3,(H2,17,18)/b12-8+,15-11+. The van der Waals surface area contributed by atoms with Gasteiger partial charge >= 0.3 is 0 Å². The summed E-state index contributed by atoms with van der Waals surface area (Å²) in [5.41, 5.74) is 8.00. The first-order chi connectivity index (χ1) is 9.08. The molecule has 0 aliphatic heterocycles. The van der Waals surface area contributed by atoms with Crippen LogP contribution in [0.15, 0.2) is 71.6 Å². The number of rotatable bonds is 5. The lowest BCUT2D eigenvalue weighted by Gasteiger charge is -2.03. The first-order valence-corrected chi connectivity index (χ1v) is 6.01. The third kappa shape index (κ3) is 4.47. The van der Waals surface area contributed by atoms with Gasteiger partial charge in [-0.3, -0.25) is 4.79 Å². The van der Waals surface area contributed by atoms with Crippen LogP contribution in [0.2, 0.25) is 0 Å². The molecule has 3 heteroatoms. The molecule has 1 amide bonds. The Hall–Kier alpha value is -2.29. The monoisotopic (exact) mass is 257 g/mol. The van der Waals surface area contributed by atoms with Crippen molar-refractivity contribution in [2.75, 3.05) is 7.11 Å². The van der Waals surface area contributed by atoms with Crippen LogP contribution in [0.1, 0.15) is 13.3 Å². The molecule has 3 nitrogen and oxygen atoms in total. The molecule has 0 saturated heterocycles. The number of methoxy groups -OCH3 is 1. The van der Waals surface area contributed by atoms with Gasteiger partial charge in [-0.25, -0.2) is 0 Å². The molecule has 19 heavy (non-hydrogen) atoms. The van der Waals surface area contributed by atoms with E-state index in [-0.39, 0.29) is 0 Å². The number of carbonyl (C=O) groups is 1. The molecule has 1 aliphatic carbocycles. The number of carbonyl (C=O) groups excluding carboxylic acids is 1. The highest BCUT2D eigenvalue weighted by Gasteiger charge is 2.04. The summed E-state index contributed by atoms with van der Waals surface area (Å²) < 4.78 is 5.10. The minimum Gasteiger partial charge on any atom is -0.497 e. The number of ether oxygens (including phenoxy) is 1. The highest BCUT2D eigenvalue weighted by molar-refractivity contribution is 5.95. The largest absolute Gasteiger partial charge is 0.497 e. The van der Waals surface area contributed by atoms with Gasteiger partial charge in [-0.05, 0) is 42.7 Å². The van der Waals surface area contributed by atoms with Crippen molar-refractivity contribution in [3.8, 4) is 0 Å². The van der Waals surface area contributed by atoms with Crippen LogP contribution in [0.3, 0.4) is 0 Å². The summed E-state index contributed by atoms with van der Waals surface area (Å²) in [5, 5.41) is 0. The summed E-state index contributed by atoms with van der Waals surface area (Å²) in [7, 11) is 1.60. The smallest absolute Gasteiger partial charge is 0.248 e. The van der Waals surface area contributed by atoms with Crippen molar-refractivity contribution in [2.24, 2.45) is 5.73 Å². The molecule has 0 fully saturated rings. The SMILES string of the molecule is C=C/C(=C\C=C(/C)C1=CC=C(C(N)=O)C=CC1)OC. The lowest BCUT2D eigenvalue weighted by Crippen LogP contribution is -2.11. The van der Waals surface area contributed by atoms with Crippen molar-refractivity contribution in [3.05, 3.63) is 71.6 Å². The van der Waals surface area contributed by atoms with Crippen LogP contribution < -0.4 is 5.73 Å². The van der Waals surface area contributed by atoms with E-state index >= 15 is 0 Å². The van der Waals surface area contributed by atoms with E-state index in [1.807, 2.05) is 31.2 Å². The molecule has 0 atom stereocenters. The van der Waals surface area contributed by atoms with Crippen LogP contribution in [0.4, 0.5) is 0 Å². The van der Waals surface area contributed by atoms with Gasteiger partial charge in [-0.15, -0.1) is 0 Å². The Bertz CT molecular complexity index is 517. The van der Waals surface area contributed by atoms with E-state index in [0.717, 1.165) is 17.6 Å². The number of hydrogen-bond acceptors (Lipinski definition) is 2. The van der Waals surface area contributed by atoms with Gasteiger partial charge in [-0.2, -0.15) is 0 Å². The second kappa shape index (κ2) is 7.21. The molecule has 2 N–H and O–H groups in total. The van der Waals surface area contributed by atoms with Gasteiger partial charge in [0.1, 0.15) is 5.76 Å². The molecular formula is C16H19NO2. The number of nitrogens with two attached hydrogens (primary N) is 1. The molecule has 0 aromatic heterocycles. The Balaban J connectivity index is 2.95. The van der Waals surface area contributed by atoms with Crippen molar-refractivity contribution in [1.29, 1.82) is 0 Å². The Labute approximate surface area is 114 Å². The number of amides is 1. The Morgan fingerprint density at radius 2 is 2.16 bits per heavy atom. The molecule has 0 aromatic rings. The van der Waals surface area contributed by atoms with E-state index in [0.29, 0.717) is 11.3 Å². The minimum absolute atomic E-state index is 0.413. The number of primary amides is 1. The van der Waals surface area contributed by atoms with Crippen molar-refractivity contribution in [3.63, 3.8) is 0 Å². The Kier molecular flexibility index (Phi) is 5.61. The van der Waals surface area contributed by atoms with Gasteiger partial charge in [0.2, 0.25) is 5.91 Å². The molecule has 0 unspecified atom stereocenters. The quantitative estimate of drug-likeness (QED) is 0.608. The minimum atomic E-state index is -0.413. The predicted octanol–water partition coefficient (Wildman–Crippen LogP) is 2.95. The Morgan fingerprint density at radius 1 is 1.42 bits per heavy atom. The fourth-order valence-corrected chi connectivity index (χ4v) is 1.62. The summed E-state index contributed by atoms with van der Waals surface area (Å²) in [6.45, 7) is 5.67. The molecule has 1 rings (SSSR count). The van der Waals surface area contributed by atoms with Crippen LogP contribution in [-0.4, -0.2) is 13.0 Å². The van der Waals surface area contributed by atoms with Gasteiger partial charge in [0.25, 0.3) is 0 Å². The topological polar surface area (TPSA) is 52.3 Å². The van der Waals surface area contributed by atoms with Crippen LogP contribution >= 0.6 is 0 Å². The van der Waals surface area contributed by atoms with Gasteiger partial charge in [0.15, 0.2) is 0 Å². The summed E-state index contributed by atoms with van der Waals surface area (Å²) in [6, 6.07) is 0. The fourth-order valence-electron chi connectivity index (χ4n) is 1.62. The molecule has 0 saturated carbocycles. The summed E-state index contributed by atoms with van der Waals surface area (Å²) in [4.78, 5) is 11.1. The summed E-state index contributed by atoms with van der Waals surface area (Å²) >= 11 is 0. The molecule has 100 valence electrons. The summed E-state index contributed by atoms with van der Waals surface area (Å²) in [6.07, 6.45) is 13.6. The van der Waals surface area contributed by atoms with Crippen molar-refractivity contribution in [2.45, 2.75) is 13.3 Å². The first kappa shape index (κ1) is 14.8. The molecule has 0 bridgehead atoms. The van der Waals surface area contributed by atoms with Crippen molar-refractivity contribution >= 4 is 5.91 Å².